The average molecular weight is 352 g/mol. The summed E-state index contributed by atoms with van der Waals surface area (Å²) < 4.78 is 5.42. The number of amides is 1. The number of likely N-dealkylation sites (N-methyl/N-ethyl adjacent to an activating group) is 1. The molecule has 0 spiro atoms. The Bertz CT molecular complexity index is 536. The number of rotatable bonds is 7. The fourth-order valence-electron chi connectivity index (χ4n) is 3.04. The van der Waals surface area contributed by atoms with E-state index < -0.39 is 0 Å². The third-order valence-corrected chi connectivity index (χ3v) is 5.66. The van der Waals surface area contributed by atoms with E-state index >= 15 is 0 Å². The van der Waals surface area contributed by atoms with Gasteiger partial charge in [0.15, 0.2) is 0 Å². The molecule has 0 saturated carbocycles. The molecular formula is C18H29N3O2S. The monoisotopic (exact) mass is 351 g/mol. The lowest BCUT2D eigenvalue weighted by Gasteiger charge is -2.25. The average Bonchev–Trinajstić information content (AvgIpc) is 3.00. The van der Waals surface area contributed by atoms with Gasteiger partial charge in [-0.15, -0.1) is 0 Å². The minimum absolute atomic E-state index is 0.0402. The van der Waals surface area contributed by atoms with Gasteiger partial charge in [0.25, 0.3) is 0 Å². The van der Waals surface area contributed by atoms with Crippen LogP contribution in [-0.4, -0.2) is 73.1 Å². The third-order valence-electron chi connectivity index (χ3n) is 4.59. The van der Waals surface area contributed by atoms with E-state index in [1.54, 1.807) is 0 Å². The molecule has 1 aromatic carbocycles. The molecule has 3 unspecified atom stereocenters. The maximum atomic E-state index is 12.6. The number of nitrogens with zero attached hydrogens (tertiary/aromatic N) is 2. The number of benzene rings is 1. The van der Waals surface area contributed by atoms with Gasteiger partial charge in [-0.05, 0) is 58.5 Å². The zero-order chi connectivity index (χ0) is 17.7. The Balaban J connectivity index is 1.94. The fourth-order valence-corrected chi connectivity index (χ4v) is 4.03. The zero-order valence-corrected chi connectivity index (χ0v) is 16.1. The number of carbonyl (C=O) groups is 1. The van der Waals surface area contributed by atoms with Gasteiger partial charge in [-0.1, -0.05) is 0 Å². The molecule has 24 heavy (non-hydrogen) atoms. The van der Waals surface area contributed by atoms with Crippen LogP contribution in [0.1, 0.15) is 13.8 Å². The Morgan fingerprint density at radius 2 is 2.04 bits per heavy atom. The maximum Gasteiger partial charge on any atom is 0.241 e. The molecule has 1 fully saturated rings. The first-order valence-electron chi connectivity index (χ1n) is 8.43. The number of likely N-dealkylation sites (tertiary alicyclic amines) is 1. The highest BCUT2D eigenvalue weighted by Crippen LogP contribution is 2.26. The smallest absolute Gasteiger partial charge is 0.241 e. The van der Waals surface area contributed by atoms with Crippen LogP contribution >= 0.6 is 11.8 Å². The highest BCUT2D eigenvalue weighted by atomic mass is 32.2. The molecule has 1 aliphatic rings. The third kappa shape index (κ3) is 4.65. The van der Waals surface area contributed by atoms with Crippen LogP contribution in [0, 0.1) is 0 Å². The molecule has 6 heteroatoms. The van der Waals surface area contributed by atoms with Crippen molar-refractivity contribution < 1.29 is 9.53 Å². The SMILES string of the molecule is CCOc1ccc(NC(=O)C(C)N2CC(SC)C(N(C)C)C2)cc1. The minimum Gasteiger partial charge on any atom is -0.494 e. The van der Waals surface area contributed by atoms with Gasteiger partial charge in [-0.2, -0.15) is 11.8 Å². The number of hydrogen-bond donors (Lipinski definition) is 1. The molecule has 0 bridgehead atoms. The molecule has 1 aromatic rings. The van der Waals surface area contributed by atoms with Crippen LogP contribution < -0.4 is 10.1 Å². The lowest BCUT2D eigenvalue weighted by atomic mass is 10.2. The van der Waals surface area contributed by atoms with Crippen molar-refractivity contribution in [1.82, 2.24) is 9.80 Å². The van der Waals surface area contributed by atoms with Crippen molar-refractivity contribution in [2.45, 2.75) is 31.2 Å². The summed E-state index contributed by atoms with van der Waals surface area (Å²) in [5.41, 5.74) is 0.806. The first-order valence-corrected chi connectivity index (χ1v) is 9.72. The van der Waals surface area contributed by atoms with Crippen LogP contribution in [-0.2, 0) is 4.79 Å². The quantitative estimate of drug-likeness (QED) is 0.817. The summed E-state index contributed by atoms with van der Waals surface area (Å²) in [4.78, 5) is 17.1. The van der Waals surface area contributed by atoms with Gasteiger partial charge in [0.2, 0.25) is 5.91 Å². The van der Waals surface area contributed by atoms with Gasteiger partial charge >= 0.3 is 0 Å². The number of thioether (sulfide) groups is 1. The van der Waals surface area contributed by atoms with E-state index in [-0.39, 0.29) is 11.9 Å². The molecule has 1 heterocycles. The number of nitrogens with one attached hydrogen (secondary N) is 1. The topological polar surface area (TPSA) is 44.8 Å². The molecule has 1 amide bonds. The summed E-state index contributed by atoms with van der Waals surface area (Å²) in [7, 11) is 4.23. The first kappa shape index (κ1) is 19.1. The number of anilines is 1. The van der Waals surface area contributed by atoms with E-state index in [0.29, 0.717) is 17.9 Å². The van der Waals surface area contributed by atoms with Crippen molar-refractivity contribution in [3.05, 3.63) is 24.3 Å². The number of carbonyl (C=O) groups excluding carboxylic acids is 1. The van der Waals surface area contributed by atoms with Crippen LogP contribution in [0.25, 0.3) is 0 Å². The van der Waals surface area contributed by atoms with E-state index in [1.165, 1.54) is 0 Å². The van der Waals surface area contributed by atoms with Crippen molar-refractivity contribution in [3.63, 3.8) is 0 Å². The van der Waals surface area contributed by atoms with Crippen LogP contribution in [0.2, 0.25) is 0 Å². The summed E-state index contributed by atoms with van der Waals surface area (Å²) >= 11 is 1.88. The van der Waals surface area contributed by atoms with Gasteiger partial charge in [0.05, 0.1) is 12.6 Å². The molecule has 134 valence electrons. The molecule has 0 aromatic heterocycles. The Labute approximate surface area is 149 Å². The Hall–Kier alpha value is -1.24. The molecule has 0 radical (unpaired) electrons. The second kappa shape index (κ2) is 8.74. The molecule has 5 nitrogen and oxygen atoms in total. The predicted octanol–water partition coefficient (Wildman–Crippen LogP) is 2.39. The van der Waals surface area contributed by atoms with Gasteiger partial charge in [0.1, 0.15) is 5.75 Å². The molecule has 1 N–H and O–H groups in total. The number of ether oxygens (including phenoxy) is 1. The lowest BCUT2D eigenvalue weighted by molar-refractivity contribution is -0.120. The summed E-state index contributed by atoms with van der Waals surface area (Å²) in [6, 6.07) is 7.87. The highest BCUT2D eigenvalue weighted by molar-refractivity contribution is 7.99. The van der Waals surface area contributed by atoms with Gasteiger partial charge < -0.3 is 15.0 Å². The van der Waals surface area contributed by atoms with E-state index in [1.807, 2.05) is 49.9 Å². The fraction of sp³-hybridized carbons (Fsp3) is 0.611. The standard InChI is InChI=1S/C18H29N3O2S/c1-6-23-15-9-7-14(8-10-15)19-18(22)13(2)21-11-16(20(3)4)17(12-21)24-5/h7-10,13,16-17H,6,11-12H2,1-5H3,(H,19,22). The molecule has 1 saturated heterocycles. The summed E-state index contributed by atoms with van der Waals surface area (Å²) in [6.45, 7) is 6.45. The largest absolute Gasteiger partial charge is 0.494 e. The van der Waals surface area contributed by atoms with Crippen LogP contribution in [0.4, 0.5) is 5.69 Å². The maximum absolute atomic E-state index is 12.6. The molecule has 2 rings (SSSR count). The second-order valence-corrected chi connectivity index (χ2v) is 7.46. The van der Waals surface area contributed by atoms with Crippen LogP contribution in [0.15, 0.2) is 24.3 Å². The van der Waals surface area contributed by atoms with E-state index in [9.17, 15) is 4.79 Å². The van der Waals surface area contributed by atoms with E-state index in [4.69, 9.17) is 4.74 Å². The molecule has 3 atom stereocenters. The van der Waals surface area contributed by atoms with Crippen molar-refractivity contribution >= 4 is 23.4 Å². The number of hydrogen-bond acceptors (Lipinski definition) is 5. The Morgan fingerprint density at radius 1 is 1.38 bits per heavy atom. The summed E-state index contributed by atoms with van der Waals surface area (Å²) in [5.74, 6) is 0.859. The molecule has 1 aliphatic heterocycles. The van der Waals surface area contributed by atoms with Gasteiger partial charge in [-0.25, -0.2) is 0 Å². The highest BCUT2D eigenvalue weighted by Gasteiger charge is 2.37. The summed E-state index contributed by atoms with van der Waals surface area (Å²) in [6.07, 6.45) is 2.15. The first-order chi connectivity index (χ1) is 11.5. The van der Waals surface area contributed by atoms with Gasteiger partial charge in [0, 0.05) is 30.1 Å². The van der Waals surface area contributed by atoms with Crippen molar-refractivity contribution in [2.24, 2.45) is 0 Å². The van der Waals surface area contributed by atoms with Crippen LogP contribution in [0.5, 0.6) is 5.75 Å². The van der Waals surface area contributed by atoms with E-state index in [2.05, 4.69) is 35.5 Å². The zero-order valence-electron chi connectivity index (χ0n) is 15.3. The predicted molar refractivity (Wildman–Crippen MR) is 102 cm³/mol. The van der Waals surface area contributed by atoms with Crippen molar-refractivity contribution in [3.8, 4) is 5.75 Å². The second-order valence-electron chi connectivity index (χ2n) is 6.38. The molecule has 0 aliphatic carbocycles. The Kier molecular flexibility index (Phi) is 6.95. The van der Waals surface area contributed by atoms with Crippen molar-refractivity contribution in [1.29, 1.82) is 0 Å². The minimum atomic E-state index is -0.142. The van der Waals surface area contributed by atoms with Crippen molar-refractivity contribution in [2.75, 3.05) is 45.4 Å². The normalized spacial score (nSPS) is 22.6. The lowest BCUT2D eigenvalue weighted by Crippen LogP contribution is -2.42. The molecular weight excluding hydrogens is 322 g/mol. The van der Waals surface area contributed by atoms with Crippen LogP contribution in [0.3, 0.4) is 0 Å². The van der Waals surface area contributed by atoms with E-state index in [0.717, 1.165) is 24.5 Å². The summed E-state index contributed by atoms with van der Waals surface area (Å²) in [5, 5.41) is 3.55. The van der Waals surface area contributed by atoms with Gasteiger partial charge in [-0.3, -0.25) is 9.69 Å². The Morgan fingerprint density at radius 3 is 2.54 bits per heavy atom.